The second-order valence-corrected chi connectivity index (χ2v) is 8.17. The van der Waals surface area contributed by atoms with Crippen LogP contribution in [0.5, 0.6) is 5.75 Å². The quantitative estimate of drug-likeness (QED) is 0.805. The van der Waals surface area contributed by atoms with Crippen molar-refractivity contribution in [3.05, 3.63) is 29.3 Å². The number of aryl methyl sites for hydroxylation is 1. The number of methoxy groups -OCH3 is 1. The summed E-state index contributed by atoms with van der Waals surface area (Å²) in [6.45, 7) is 9.69. The fraction of sp³-hybridized carbons (Fsp3) is 0.682. The number of piperidine rings is 1. The summed E-state index contributed by atoms with van der Waals surface area (Å²) in [4.78, 5) is 18.6. The number of ether oxygens (including phenoxy) is 1. The zero-order valence-electron chi connectivity index (χ0n) is 17.6. The van der Waals surface area contributed by atoms with Crippen molar-refractivity contribution in [1.82, 2.24) is 14.7 Å². The molecule has 2 heterocycles. The van der Waals surface area contributed by atoms with Crippen LogP contribution in [0.15, 0.2) is 18.2 Å². The highest BCUT2D eigenvalue weighted by Gasteiger charge is 2.32. The molecule has 2 aliphatic heterocycles. The molecule has 2 saturated heterocycles. The van der Waals surface area contributed by atoms with Crippen LogP contribution in [0, 0.1) is 6.92 Å². The summed E-state index contributed by atoms with van der Waals surface area (Å²) in [7, 11) is 1.71. The first-order valence-electron chi connectivity index (χ1n) is 10.5. The van der Waals surface area contributed by atoms with Gasteiger partial charge >= 0.3 is 0 Å². The fourth-order valence-corrected chi connectivity index (χ4v) is 4.70. The lowest BCUT2D eigenvalue weighted by molar-refractivity contribution is -0.130. The molecular weight excluding hydrogens is 354 g/mol. The summed E-state index contributed by atoms with van der Waals surface area (Å²) in [6, 6.07) is 7.32. The standard InChI is InChI=1S/C22H35N3O3/c1-17-14-19(4-5-22(17)28-3)15-24-11-12-25(16-21(24)8-13-26)20-6-9-23(10-7-20)18(2)27/h4-5,14,20-21,26H,6-13,15-16H2,1-3H3/t21-/m1/s1. The number of nitrogens with zero attached hydrogens (tertiary/aromatic N) is 3. The Bertz CT molecular complexity index is 658. The van der Waals surface area contributed by atoms with Crippen molar-refractivity contribution in [1.29, 1.82) is 0 Å². The largest absolute Gasteiger partial charge is 0.496 e. The molecule has 0 saturated carbocycles. The van der Waals surface area contributed by atoms with Gasteiger partial charge in [0.2, 0.25) is 5.91 Å². The van der Waals surface area contributed by atoms with E-state index < -0.39 is 0 Å². The van der Waals surface area contributed by atoms with Crippen LogP contribution >= 0.6 is 0 Å². The van der Waals surface area contributed by atoms with Gasteiger partial charge in [-0.3, -0.25) is 14.6 Å². The van der Waals surface area contributed by atoms with Crippen molar-refractivity contribution in [3.8, 4) is 5.75 Å². The van der Waals surface area contributed by atoms with Crippen LogP contribution < -0.4 is 4.74 Å². The normalized spacial score (nSPS) is 22.4. The van der Waals surface area contributed by atoms with Crippen LogP contribution in [0.2, 0.25) is 0 Å². The third kappa shape index (κ3) is 5.04. The minimum atomic E-state index is 0.191. The van der Waals surface area contributed by atoms with Gasteiger partial charge in [0, 0.05) is 64.9 Å². The number of piperazine rings is 1. The zero-order chi connectivity index (χ0) is 20.1. The predicted octanol–water partition coefficient (Wildman–Crippen LogP) is 1.88. The van der Waals surface area contributed by atoms with Crippen molar-refractivity contribution in [2.45, 2.75) is 51.7 Å². The molecule has 0 unspecified atom stereocenters. The van der Waals surface area contributed by atoms with Crippen LogP contribution in [-0.2, 0) is 11.3 Å². The molecule has 156 valence electrons. The van der Waals surface area contributed by atoms with Crippen LogP contribution in [0.25, 0.3) is 0 Å². The highest BCUT2D eigenvalue weighted by Crippen LogP contribution is 2.25. The number of carbonyl (C=O) groups is 1. The van der Waals surface area contributed by atoms with E-state index in [0.29, 0.717) is 12.1 Å². The van der Waals surface area contributed by atoms with Gasteiger partial charge in [0.15, 0.2) is 0 Å². The number of rotatable bonds is 6. The van der Waals surface area contributed by atoms with E-state index in [-0.39, 0.29) is 12.5 Å². The molecule has 1 aromatic rings. The maximum atomic E-state index is 11.6. The number of hydrogen-bond acceptors (Lipinski definition) is 5. The molecule has 1 amide bonds. The molecule has 3 rings (SSSR count). The van der Waals surface area contributed by atoms with E-state index in [2.05, 4.69) is 28.9 Å². The highest BCUT2D eigenvalue weighted by molar-refractivity contribution is 5.73. The Morgan fingerprint density at radius 1 is 1.21 bits per heavy atom. The summed E-state index contributed by atoms with van der Waals surface area (Å²) in [5.74, 6) is 1.12. The number of aliphatic hydroxyl groups excluding tert-OH is 1. The molecule has 0 radical (unpaired) electrons. The van der Waals surface area contributed by atoms with Gasteiger partial charge in [0.25, 0.3) is 0 Å². The molecule has 0 spiro atoms. The zero-order valence-corrected chi connectivity index (χ0v) is 17.6. The number of carbonyl (C=O) groups excluding carboxylic acids is 1. The summed E-state index contributed by atoms with van der Waals surface area (Å²) in [5, 5.41) is 9.60. The third-order valence-corrected chi connectivity index (χ3v) is 6.37. The SMILES string of the molecule is COc1ccc(CN2CCN(C3CCN(C(C)=O)CC3)C[C@H]2CCO)cc1C. The van der Waals surface area contributed by atoms with E-state index in [9.17, 15) is 9.90 Å². The van der Waals surface area contributed by atoms with Gasteiger partial charge in [-0.25, -0.2) is 0 Å². The highest BCUT2D eigenvalue weighted by atomic mass is 16.5. The fourth-order valence-electron chi connectivity index (χ4n) is 4.70. The predicted molar refractivity (Wildman–Crippen MR) is 110 cm³/mol. The Kier molecular flexibility index (Phi) is 7.32. The number of likely N-dealkylation sites (tertiary alicyclic amines) is 1. The summed E-state index contributed by atoms with van der Waals surface area (Å²) < 4.78 is 5.38. The molecule has 2 fully saturated rings. The molecule has 28 heavy (non-hydrogen) atoms. The Morgan fingerprint density at radius 2 is 1.96 bits per heavy atom. The van der Waals surface area contributed by atoms with Crippen molar-refractivity contribution in [2.24, 2.45) is 0 Å². The van der Waals surface area contributed by atoms with Gasteiger partial charge in [-0.05, 0) is 43.4 Å². The number of amides is 1. The van der Waals surface area contributed by atoms with Gasteiger partial charge in [-0.2, -0.15) is 0 Å². The van der Waals surface area contributed by atoms with Crippen molar-refractivity contribution in [2.75, 3.05) is 46.4 Å². The van der Waals surface area contributed by atoms with Crippen LogP contribution in [0.3, 0.4) is 0 Å². The van der Waals surface area contributed by atoms with E-state index in [4.69, 9.17) is 4.74 Å². The molecule has 1 atom stereocenters. The Morgan fingerprint density at radius 3 is 2.57 bits per heavy atom. The number of benzene rings is 1. The summed E-state index contributed by atoms with van der Waals surface area (Å²) >= 11 is 0. The van der Waals surface area contributed by atoms with Crippen LogP contribution in [0.1, 0.15) is 37.3 Å². The Balaban J connectivity index is 1.60. The molecule has 0 bridgehead atoms. The number of aliphatic hydroxyl groups is 1. The van der Waals surface area contributed by atoms with Crippen molar-refractivity contribution in [3.63, 3.8) is 0 Å². The summed E-state index contributed by atoms with van der Waals surface area (Å²) in [5.41, 5.74) is 2.46. The molecule has 2 aliphatic rings. The van der Waals surface area contributed by atoms with Gasteiger partial charge in [-0.15, -0.1) is 0 Å². The molecule has 0 aromatic heterocycles. The third-order valence-electron chi connectivity index (χ3n) is 6.37. The average Bonchev–Trinajstić information content (AvgIpc) is 2.70. The lowest BCUT2D eigenvalue weighted by Gasteiger charge is -2.46. The maximum Gasteiger partial charge on any atom is 0.219 e. The second-order valence-electron chi connectivity index (χ2n) is 8.17. The topological polar surface area (TPSA) is 56.2 Å². The van der Waals surface area contributed by atoms with Gasteiger partial charge in [0.1, 0.15) is 5.75 Å². The van der Waals surface area contributed by atoms with E-state index in [1.54, 1.807) is 14.0 Å². The molecule has 1 N–H and O–H groups in total. The van der Waals surface area contributed by atoms with E-state index in [1.807, 2.05) is 11.0 Å². The Hall–Kier alpha value is -1.63. The average molecular weight is 390 g/mol. The molecule has 1 aromatic carbocycles. The first kappa shape index (κ1) is 21.1. The lowest BCUT2D eigenvalue weighted by atomic mass is 9.99. The second kappa shape index (κ2) is 9.72. The minimum Gasteiger partial charge on any atom is -0.496 e. The molecule has 0 aliphatic carbocycles. The van der Waals surface area contributed by atoms with Crippen LogP contribution in [0.4, 0.5) is 0 Å². The monoisotopic (exact) mass is 389 g/mol. The van der Waals surface area contributed by atoms with Crippen molar-refractivity contribution < 1.29 is 14.6 Å². The van der Waals surface area contributed by atoms with Gasteiger partial charge < -0.3 is 14.7 Å². The molecular formula is C22H35N3O3. The van der Waals surface area contributed by atoms with Gasteiger partial charge in [-0.1, -0.05) is 12.1 Å². The first-order valence-corrected chi connectivity index (χ1v) is 10.5. The van der Waals surface area contributed by atoms with Gasteiger partial charge in [0.05, 0.1) is 7.11 Å². The van der Waals surface area contributed by atoms with Crippen LogP contribution in [-0.4, -0.2) is 84.2 Å². The minimum absolute atomic E-state index is 0.191. The molecule has 6 heteroatoms. The van der Waals surface area contributed by atoms with E-state index in [0.717, 1.165) is 69.8 Å². The summed E-state index contributed by atoms with van der Waals surface area (Å²) in [6.07, 6.45) is 2.92. The molecule has 6 nitrogen and oxygen atoms in total. The van der Waals surface area contributed by atoms with E-state index in [1.165, 1.54) is 5.56 Å². The smallest absolute Gasteiger partial charge is 0.219 e. The lowest BCUT2D eigenvalue weighted by Crippen LogP contribution is -2.57. The number of hydrogen-bond donors (Lipinski definition) is 1. The Labute approximate surface area is 169 Å². The van der Waals surface area contributed by atoms with E-state index >= 15 is 0 Å². The first-order chi connectivity index (χ1) is 13.5. The van der Waals surface area contributed by atoms with Crippen molar-refractivity contribution >= 4 is 5.91 Å². The maximum absolute atomic E-state index is 11.6.